The molecule has 0 amide bonds. The highest BCUT2D eigenvalue weighted by Gasteiger charge is 2.44. The zero-order valence-electron chi connectivity index (χ0n) is 11.0. The van der Waals surface area contributed by atoms with Crippen molar-refractivity contribution in [1.82, 2.24) is 0 Å². The summed E-state index contributed by atoms with van der Waals surface area (Å²) in [5, 5.41) is 10.8. The molecule has 2 atom stereocenters. The molecule has 0 heterocycles. The van der Waals surface area contributed by atoms with Gasteiger partial charge in [-0.3, -0.25) is 0 Å². The van der Waals surface area contributed by atoms with E-state index in [0.717, 1.165) is 12.8 Å². The van der Waals surface area contributed by atoms with Crippen LogP contribution in [0.2, 0.25) is 0 Å². The lowest BCUT2D eigenvalue weighted by molar-refractivity contribution is -0.118. The van der Waals surface area contributed by atoms with Gasteiger partial charge in [0.2, 0.25) is 0 Å². The van der Waals surface area contributed by atoms with Crippen molar-refractivity contribution in [3.63, 3.8) is 0 Å². The number of rotatable bonds is 4. The third-order valence-corrected chi connectivity index (χ3v) is 3.68. The molecule has 0 aromatic carbocycles. The first-order valence-corrected chi connectivity index (χ1v) is 5.89. The van der Waals surface area contributed by atoms with Gasteiger partial charge in [-0.05, 0) is 23.7 Å². The topological polar surface area (TPSA) is 20.2 Å². The Labute approximate surface area is 89.9 Å². The molecule has 0 rings (SSSR count). The maximum atomic E-state index is 10.8. The molecule has 0 radical (unpaired) electrons. The summed E-state index contributed by atoms with van der Waals surface area (Å²) in [7, 11) is 0. The highest BCUT2D eigenvalue weighted by molar-refractivity contribution is 4.95. The van der Waals surface area contributed by atoms with E-state index >= 15 is 0 Å². The van der Waals surface area contributed by atoms with Crippen molar-refractivity contribution in [3.8, 4) is 0 Å². The predicted molar refractivity (Wildman–Crippen MR) is 63.3 cm³/mol. The van der Waals surface area contributed by atoms with Crippen LogP contribution < -0.4 is 0 Å². The summed E-state index contributed by atoms with van der Waals surface area (Å²) in [6, 6.07) is 0. The van der Waals surface area contributed by atoms with Crippen molar-refractivity contribution in [3.05, 3.63) is 0 Å². The Kier molecular flexibility index (Phi) is 4.64. The van der Waals surface area contributed by atoms with Gasteiger partial charge in [0.1, 0.15) is 0 Å². The molecule has 0 bridgehead atoms. The molecule has 1 nitrogen and oxygen atoms in total. The first-order chi connectivity index (χ1) is 6.16. The van der Waals surface area contributed by atoms with Gasteiger partial charge in [-0.15, -0.1) is 0 Å². The molecule has 0 aliphatic heterocycles. The molecule has 0 aromatic heterocycles. The molecule has 1 N–H and O–H groups in total. The average molecular weight is 200 g/mol. The van der Waals surface area contributed by atoms with Crippen LogP contribution in [0.25, 0.3) is 0 Å². The maximum Gasteiger partial charge on any atom is 0.0723 e. The fourth-order valence-corrected chi connectivity index (χ4v) is 2.22. The quantitative estimate of drug-likeness (QED) is 0.730. The van der Waals surface area contributed by atoms with Gasteiger partial charge in [0.15, 0.2) is 0 Å². The van der Waals surface area contributed by atoms with E-state index in [4.69, 9.17) is 0 Å². The molecule has 2 unspecified atom stereocenters. The Morgan fingerprint density at radius 2 is 1.50 bits per heavy atom. The van der Waals surface area contributed by atoms with Crippen LogP contribution in [0.4, 0.5) is 0 Å². The summed E-state index contributed by atoms with van der Waals surface area (Å²) >= 11 is 0. The minimum absolute atomic E-state index is 0.0350. The van der Waals surface area contributed by atoms with E-state index in [2.05, 4.69) is 48.5 Å². The van der Waals surface area contributed by atoms with E-state index in [1.165, 1.54) is 0 Å². The van der Waals surface area contributed by atoms with Crippen LogP contribution in [0.1, 0.15) is 61.3 Å². The Morgan fingerprint density at radius 1 is 1.07 bits per heavy atom. The minimum atomic E-state index is -0.532. The molecule has 0 aliphatic rings. The van der Waals surface area contributed by atoms with Gasteiger partial charge in [0, 0.05) is 0 Å². The van der Waals surface area contributed by atoms with E-state index in [1.807, 2.05) is 0 Å². The van der Waals surface area contributed by atoms with Crippen molar-refractivity contribution in [2.24, 2.45) is 17.3 Å². The number of hydrogen-bond acceptors (Lipinski definition) is 1. The fraction of sp³-hybridized carbons (Fsp3) is 1.00. The van der Waals surface area contributed by atoms with Crippen LogP contribution in [-0.2, 0) is 0 Å². The summed E-state index contributed by atoms with van der Waals surface area (Å²) in [4.78, 5) is 0. The summed E-state index contributed by atoms with van der Waals surface area (Å²) < 4.78 is 0. The van der Waals surface area contributed by atoms with Gasteiger partial charge < -0.3 is 5.11 Å². The number of hydrogen-bond donors (Lipinski definition) is 1. The van der Waals surface area contributed by atoms with Crippen LogP contribution in [0.5, 0.6) is 0 Å². The van der Waals surface area contributed by atoms with Crippen LogP contribution >= 0.6 is 0 Å². The third-order valence-electron chi connectivity index (χ3n) is 3.68. The van der Waals surface area contributed by atoms with E-state index in [1.54, 1.807) is 0 Å². The summed E-state index contributed by atoms with van der Waals surface area (Å²) in [5.74, 6) is 0.883. The fourth-order valence-electron chi connectivity index (χ4n) is 2.22. The Bertz CT molecular complexity index is 167. The van der Waals surface area contributed by atoms with Crippen molar-refractivity contribution >= 4 is 0 Å². The molecule has 0 aliphatic carbocycles. The second-order valence-corrected chi connectivity index (χ2v) is 5.96. The first kappa shape index (κ1) is 14.0. The van der Waals surface area contributed by atoms with Crippen molar-refractivity contribution < 1.29 is 5.11 Å². The summed E-state index contributed by atoms with van der Waals surface area (Å²) in [6.07, 6.45) is 1.95. The molecule has 0 spiro atoms. The Balaban J connectivity index is 4.89. The first-order valence-electron chi connectivity index (χ1n) is 5.89. The zero-order valence-corrected chi connectivity index (χ0v) is 11.0. The van der Waals surface area contributed by atoms with Crippen LogP contribution in [0.3, 0.4) is 0 Å². The van der Waals surface area contributed by atoms with E-state index in [9.17, 15) is 5.11 Å². The molecule has 86 valence electrons. The second-order valence-electron chi connectivity index (χ2n) is 5.96. The van der Waals surface area contributed by atoms with Crippen LogP contribution in [0, 0.1) is 17.3 Å². The molecule has 0 saturated heterocycles. The van der Waals surface area contributed by atoms with Crippen molar-refractivity contribution in [2.45, 2.75) is 66.9 Å². The highest BCUT2D eigenvalue weighted by Crippen LogP contribution is 2.42. The van der Waals surface area contributed by atoms with E-state index in [-0.39, 0.29) is 5.41 Å². The van der Waals surface area contributed by atoms with Gasteiger partial charge in [0.05, 0.1) is 5.60 Å². The van der Waals surface area contributed by atoms with Gasteiger partial charge >= 0.3 is 0 Å². The molecule has 14 heavy (non-hydrogen) atoms. The highest BCUT2D eigenvalue weighted by atomic mass is 16.3. The molecular weight excluding hydrogens is 172 g/mol. The number of aliphatic hydroxyl groups is 1. The molecular formula is C13H28O. The van der Waals surface area contributed by atoms with E-state index in [0.29, 0.717) is 11.8 Å². The zero-order chi connectivity index (χ0) is 11.6. The summed E-state index contributed by atoms with van der Waals surface area (Å²) in [5.41, 5.74) is -0.567. The molecule has 0 aromatic rings. The van der Waals surface area contributed by atoms with Gasteiger partial charge in [-0.25, -0.2) is 0 Å². The minimum Gasteiger partial charge on any atom is -0.389 e. The van der Waals surface area contributed by atoms with Crippen molar-refractivity contribution in [2.75, 3.05) is 0 Å². The average Bonchev–Trinajstić information content (AvgIpc) is 2.01. The standard InChI is InChI=1S/C13H28O/c1-8-9-13(14,12(5,6)7)11(4)10(2)3/h10-11,14H,8-9H2,1-7H3. The molecule has 1 heteroatoms. The van der Waals surface area contributed by atoms with E-state index < -0.39 is 5.60 Å². The van der Waals surface area contributed by atoms with Gasteiger partial charge in [0.25, 0.3) is 0 Å². The summed E-state index contributed by atoms with van der Waals surface area (Å²) in [6.45, 7) is 15.1. The predicted octanol–water partition coefficient (Wildman–Crippen LogP) is 3.86. The monoisotopic (exact) mass is 200 g/mol. The smallest absolute Gasteiger partial charge is 0.0723 e. The molecule has 0 saturated carbocycles. The lowest BCUT2D eigenvalue weighted by Gasteiger charge is -2.46. The Morgan fingerprint density at radius 3 is 1.71 bits per heavy atom. The molecule has 0 fully saturated rings. The van der Waals surface area contributed by atoms with Gasteiger partial charge in [-0.2, -0.15) is 0 Å². The SMILES string of the molecule is CCCC(O)(C(C)C(C)C)C(C)(C)C. The van der Waals surface area contributed by atoms with Crippen LogP contribution in [-0.4, -0.2) is 10.7 Å². The van der Waals surface area contributed by atoms with Crippen LogP contribution in [0.15, 0.2) is 0 Å². The van der Waals surface area contributed by atoms with Crippen molar-refractivity contribution in [1.29, 1.82) is 0 Å². The Hall–Kier alpha value is -0.0400. The van der Waals surface area contributed by atoms with Gasteiger partial charge in [-0.1, -0.05) is 54.9 Å². The lowest BCUT2D eigenvalue weighted by atomic mass is 9.64. The second kappa shape index (κ2) is 4.65. The largest absolute Gasteiger partial charge is 0.389 e. The lowest BCUT2D eigenvalue weighted by Crippen LogP contribution is -2.49. The third kappa shape index (κ3) is 2.73. The normalized spacial score (nSPS) is 19.5. The maximum absolute atomic E-state index is 10.8.